The monoisotopic (exact) mass is 623 g/mol. The molecule has 246 valence electrons. The lowest BCUT2D eigenvalue weighted by molar-refractivity contribution is -0.145. The summed E-state index contributed by atoms with van der Waals surface area (Å²) >= 11 is 0. The second kappa shape index (κ2) is 12.4. The fraction of sp³-hybridized carbons (Fsp3) is 0.676. The van der Waals surface area contributed by atoms with Crippen molar-refractivity contribution in [2.24, 2.45) is 34.3 Å². The molecular weight excluding hydrogens is 574 g/mol. The Balaban J connectivity index is 1.28. The van der Waals surface area contributed by atoms with Crippen LogP contribution in [0, 0.1) is 28.6 Å². The second-order valence-corrected chi connectivity index (χ2v) is 15.3. The molecule has 11 heteroatoms. The number of piperidine rings is 1. The zero-order chi connectivity index (χ0) is 32.7. The Morgan fingerprint density at radius 1 is 1.02 bits per heavy atom. The summed E-state index contributed by atoms with van der Waals surface area (Å²) in [6, 6.07) is 6.72. The number of carbonyl (C=O) groups is 5. The summed E-state index contributed by atoms with van der Waals surface area (Å²) in [7, 11) is 0. The summed E-state index contributed by atoms with van der Waals surface area (Å²) in [6.45, 7) is 11.0. The van der Waals surface area contributed by atoms with Gasteiger partial charge in [0.05, 0.1) is 18.8 Å². The van der Waals surface area contributed by atoms with Crippen LogP contribution >= 0.6 is 0 Å². The number of carbonyl (C=O) groups excluding carboxylic acids is 5. The van der Waals surface area contributed by atoms with Crippen molar-refractivity contribution in [2.75, 3.05) is 13.2 Å². The van der Waals surface area contributed by atoms with Gasteiger partial charge in [-0.15, -0.1) is 0 Å². The van der Waals surface area contributed by atoms with Crippen LogP contribution in [-0.2, 0) is 30.5 Å². The summed E-state index contributed by atoms with van der Waals surface area (Å²) in [5.74, 6) is -2.80. The number of nitrogens with two attached hydrogens (primary N) is 1. The van der Waals surface area contributed by atoms with Crippen molar-refractivity contribution in [3.8, 4) is 0 Å². The molecule has 0 aromatic heterocycles. The summed E-state index contributed by atoms with van der Waals surface area (Å²) in [4.78, 5) is 67.5. The number of hydrogen-bond donors (Lipinski definition) is 4. The zero-order valence-corrected chi connectivity index (χ0v) is 27.2. The molecule has 4 aliphatic rings. The summed E-state index contributed by atoms with van der Waals surface area (Å²) in [5.41, 5.74) is 4.99. The molecule has 0 radical (unpaired) electrons. The zero-order valence-electron chi connectivity index (χ0n) is 27.2. The minimum atomic E-state index is -1.08. The van der Waals surface area contributed by atoms with Crippen molar-refractivity contribution in [3.63, 3.8) is 0 Å². The molecule has 45 heavy (non-hydrogen) atoms. The summed E-state index contributed by atoms with van der Waals surface area (Å²) in [6.07, 6.45) is 4.95. The Morgan fingerprint density at radius 3 is 2.24 bits per heavy atom. The van der Waals surface area contributed by atoms with Crippen molar-refractivity contribution in [1.29, 1.82) is 0 Å². The van der Waals surface area contributed by atoms with Crippen molar-refractivity contribution in [3.05, 3.63) is 35.9 Å². The Morgan fingerprint density at radius 2 is 1.67 bits per heavy atom. The molecule has 1 saturated heterocycles. The lowest BCUT2D eigenvalue weighted by Crippen LogP contribution is -2.63. The van der Waals surface area contributed by atoms with Gasteiger partial charge in [-0.05, 0) is 59.8 Å². The summed E-state index contributed by atoms with van der Waals surface area (Å²) in [5, 5.41) is 8.90. The minimum absolute atomic E-state index is 0.0945. The number of ketones is 1. The van der Waals surface area contributed by atoms with E-state index >= 15 is 0 Å². The van der Waals surface area contributed by atoms with Gasteiger partial charge in [0.25, 0.3) is 5.91 Å². The molecule has 5 N–H and O–H groups in total. The molecule has 5 amide bonds. The number of ether oxygens (including phenoxy) is 1. The van der Waals surface area contributed by atoms with Gasteiger partial charge in [0.2, 0.25) is 17.6 Å². The fourth-order valence-electron chi connectivity index (χ4n) is 7.55. The Labute approximate surface area is 265 Å². The van der Waals surface area contributed by atoms with E-state index in [0.717, 1.165) is 44.1 Å². The SMILES string of the molecule is CC(C)(C)[C@H](NC(=O)NC1(COCc2ccccc2)CCCC1)C(=O)N1C[C@H]2[C@@H]([C@H]1C(=O)NC(C(=O)C(N)=O)C1CC1)C2(C)C. The highest BCUT2D eigenvalue weighted by molar-refractivity contribution is 6.38. The van der Waals surface area contributed by atoms with Gasteiger partial charge in [-0.3, -0.25) is 19.2 Å². The predicted molar refractivity (Wildman–Crippen MR) is 167 cm³/mol. The molecule has 1 aromatic rings. The number of amides is 5. The summed E-state index contributed by atoms with van der Waals surface area (Å²) < 4.78 is 6.05. The van der Waals surface area contributed by atoms with E-state index in [9.17, 15) is 24.0 Å². The first kappa shape index (κ1) is 32.9. The average molecular weight is 624 g/mol. The van der Waals surface area contributed by atoms with Gasteiger partial charge in [-0.25, -0.2) is 4.79 Å². The fourth-order valence-corrected chi connectivity index (χ4v) is 7.55. The lowest BCUT2D eigenvalue weighted by atomic mass is 9.85. The highest BCUT2D eigenvalue weighted by Crippen LogP contribution is 2.65. The standard InChI is InChI=1S/C34H49N5O6/c1-32(2,3)27(37-31(44)38-34(15-9-10-16-34)19-45-18-20-11-7-6-8-12-20)30(43)39-17-22-23(33(22,4)5)25(39)29(42)36-24(21-13-14-21)26(40)28(35)41/h6-8,11-12,21-25,27H,9-10,13-19H2,1-5H3,(H2,35,41)(H,36,42)(H2,37,38,44)/t22-,23-,24?,25-,27+/m0/s1. The number of Topliss-reactive ketones (excluding diaryl/α,β-unsaturated/α-hetero) is 1. The molecule has 3 aliphatic carbocycles. The van der Waals surface area contributed by atoms with Crippen LogP contribution in [0.3, 0.4) is 0 Å². The van der Waals surface area contributed by atoms with E-state index in [1.165, 1.54) is 0 Å². The van der Waals surface area contributed by atoms with E-state index in [1.54, 1.807) is 4.90 Å². The topological polar surface area (TPSA) is 160 Å². The van der Waals surface area contributed by atoms with Gasteiger partial charge in [-0.1, -0.05) is 77.8 Å². The highest BCUT2D eigenvalue weighted by atomic mass is 16.5. The van der Waals surface area contributed by atoms with Gasteiger partial charge in [0, 0.05) is 6.54 Å². The molecular formula is C34H49N5O6. The van der Waals surface area contributed by atoms with Gasteiger partial charge < -0.3 is 31.3 Å². The highest BCUT2D eigenvalue weighted by Gasteiger charge is 2.70. The third kappa shape index (κ3) is 7.03. The molecule has 1 heterocycles. The number of hydrogen-bond acceptors (Lipinski definition) is 6. The Bertz CT molecular complexity index is 1310. The van der Waals surface area contributed by atoms with Gasteiger partial charge in [0.15, 0.2) is 0 Å². The molecule has 0 spiro atoms. The van der Waals surface area contributed by atoms with Crippen LogP contribution in [0.4, 0.5) is 4.79 Å². The second-order valence-electron chi connectivity index (χ2n) is 15.3. The van der Waals surface area contributed by atoms with E-state index in [-0.39, 0.29) is 29.1 Å². The number of likely N-dealkylation sites (tertiary alicyclic amines) is 1. The molecule has 3 saturated carbocycles. The van der Waals surface area contributed by atoms with Crippen LogP contribution in [0.5, 0.6) is 0 Å². The van der Waals surface area contributed by atoms with Crippen LogP contribution in [0.25, 0.3) is 0 Å². The third-order valence-electron chi connectivity index (χ3n) is 10.5. The first-order valence-electron chi connectivity index (χ1n) is 16.3. The molecule has 5 rings (SSSR count). The molecule has 11 nitrogen and oxygen atoms in total. The molecule has 1 aliphatic heterocycles. The lowest BCUT2D eigenvalue weighted by Gasteiger charge is -2.39. The van der Waals surface area contributed by atoms with Crippen LogP contribution in [-0.4, -0.2) is 71.3 Å². The third-order valence-corrected chi connectivity index (χ3v) is 10.5. The van der Waals surface area contributed by atoms with Crippen molar-refractivity contribution in [2.45, 2.75) is 103 Å². The van der Waals surface area contributed by atoms with E-state index in [2.05, 4.69) is 29.8 Å². The first-order valence-corrected chi connectivity index (χ1v) is 16.3. The maximum absolute atomic E-state index is 14.3. The largest absolute Gasteiger partial charge is 0.374 e. The average Bonchev–Trinajstić information content (AvgIpc) is 3.76. The molecule has 4 fully saturated rings. The van der Waals surface area contributed by atoms with E-state index < -0.39 is 52.7 Å². The number of nitrogens with zero attached hydrogens (tertiary/aromatic N) is 1. The van der Waals surface area contributed by atoms with Crippen molar-refractivity contribution in [1.82, 2.24) is 20.9 Å². The first-order chi connectivity index (χ1) is 21.1. The Hall–Kier alpha value is -3.47. The number of fused-ring (bicyclic) bond motifs is 1. The van der Waals surface area contributed by atoms with Gasteiger partial charge in [0.1, 0.15) is 18.1 Å². The maximum atomic E-state index is 14.3. The van der Waals surface area contributed by atoms with E-state index in [1.807, 2.05) is 51.1 Å². The normalized spacial score (nSPS) is 25.9. The molecule has 5 atom stereocenters. The van der Waals surface area contributed by atoms with E-state index in [0.29, 0.717) is 19.8 Å². The molecule has 1 unspecified atom stereocenters. The maximum Gasteiger partial charge on any atom is 0.315 e. The van der Waals surface area contributed by atoms with Crippen LogP contribution in [0.15, 0.2) is 30.3 Å². The molecule has 1 aromatic carbocycles. The number of urea groups is 1. The van der Waals surface area contributed by atoms with Crippen molar-refractivity contribution >= 4 is 29.5 Å². The number of primary amides is 1. The van der Waals surface area contributed by atoms with Gasteiger partial charge >= 0.3 is 6.03 Å². The van der Waals surface area contributed by atoms with Gasteiger partial charge in [-0.2, -0.15) is 0 Å². The minimum Gasteiger partial charge on any atom is -0.374 e. The van der Waals surface area contributed by atoms with Crippen LogP contribution in [0.1, 0.15) is 78.7 Å². The predicted octanol–water partition coefficient (Wildman–Crippen LogP) is 2.66. The van der Waals surface area contributed by atoms with Crippen molar-refractivity contribution < 1.29 is 28.7 Å². The van der Waals surface area contributed by atoms with Crippen LogP contribution in [0.2, 0.25) is 0 Å². The van der Waals surface area contributed by atoms with E-state index in [4.69, 9.17) is 10.5 Å². The smallest absolute Gasteiger partial charge is 0.315 e. The number of benzene rings is 1. The number of nitrogens with one attached hydrogen (secondary N) is 3. The molecule has 0 bridgehead atoms. The number of rotatable bonds is 12. The van der Waals surface area contributed by atoms with Crippen LogP contribution < -0.4 is 21.7 Å². The quantitative estimate of drug-likeness (QED) is 0.262. The Kier molecular flexibility index (Phi) is 9.05.